The molecule has 0 aliphatic carbocycles. The summed E-state index contributed by atoms with van der Waals surface area (Å²) >= 11 is 0. The van der Waals surface area contributed by atoms with Crippen LogP contribution in [0.1, 0.15) is 32.3 Å². The Morgan fingerprint density at radius 1 is 1.23 bits per heavy atom. The summed E-state index contributed by atoms with van der Waals surface area (Å²) in [6.07, 6.45) is 3.72. The molecule has 0 radical (unpaired) electrons. The number of nitro groups is 1. The lowest BCUT2D eigenvalue weighted by Crippen LogP contribution is -2.25. The summed E-state index contributed by atoms with van der Waals surface area (Å²) in [4.78, 5) is 25.9. The number of carbonyl (C=O) groups is 1. The normalized spacial score (nSPS) is 12.4. The van der Waals surface area contributed by atoms with Gasteiger partial charge < -0.3 is 9.84 Å². The fourth-order valence-corrected chi connectivity index (χ4v) is 3.27. The van der Waals surface area contributed by atoms with Crippen molar-refractivity contribution in [1.82, 2.24) is 14.8 Å². The molecule has 0 saturated heterocycles. The topological polar surface area (TPSA) is 120 Å². The third-order valence-corrected chi connectivity index (χ3v) is 4.81. The Hall–Kier alpha value is -3.75. The Bertz CT molecular complexity index is 1060. The first-order valence-corrected chi connectivity index (χ1v) is 9.28. The van der Waals surface area contributed by atoms with Gasteiger partial charge in [-0.3, -0.25) is 19.8 Å². The Kier molecular flexibility index (Phi) is 5.81. The van der Waals surface area contributed by atoms with Crippen molar-refractivity contribution in [2.24, 2.45) is 5.41 Å². The number of nitro benzene ring substituents is 1. The molecule has 1 unspecified atom stereocenters. The molecule has 1 N–H and O–H groups in total. The standard InChI is InChI=1S/C21H22N4O5/c1-21(2,3)17(13-24-11-8-18(23-24)14-6-9-22-10-7-14)16-12-15(25(28)29)4-5-19(16)30-20(26)27/h4-12,17H,13H2,1-3H3,(H,26,27). The Labute approximate surface area is 173 Å². The molecule has 0 aliphatic heterocycles. The summed E-state index contributed by atoms with van der Waals surface area (Å²) < 4.78 is 6.67. The predicted molar refractivity (Wildman–Crippen MR) is 109 cm³/mol. The molecule has 3 rings (SSSR count). The van der Waals surface area contributed by atoms with Gasteiger partial charge in [-0.1, -0.05) is 20.8 Å². The van der Waals surface area contributed by atoms with E-state index in [0.29, 0.717) is 12.1 Å². The van der Waals surface area contributed by atoms with E-state index in [1.165, 1.54) is 18.2 Å². The van der Waals surface area contributed by atoms with Gasteiger partial charge in [-0.15, -0.1) is 0 Å². The average molecular weight is 410 g/mol. The molecular weight excluding hydrogens is 388 g/mol. The maximum Gasteiger partial charge on any atom is 0.511 e. The molecule has 0 fully saturated rings. The first-order chi connectivity index (χ1) is 14.1. The van der Waals surface area contributed by atoms with Gasteiger partial charge in [0, 0.05) is 54.3 Å². The van der Waals surface area contributed by atoms with Crippen LogP contribution in [0.5, 0.6) is 5.75 Å². The summed E-state index contributed by atoms with van der Waals surface area (Å²) in [7, 11) is 0. The second kappa shape index (κ2) is 8.32. The Morgan fingerprint density at radius 3 is 2.53 bits per heavy atom. The molecule has 0 aliphatic rings. The third-order valence-electron chi connectivity index (χ3n) is 4.81. The van der Waals surface area contributed by atoms with Gasteiger partial charge in [0.1, 0.15) is 5.75 Å². The lowest BCUT2D eigenvalue weighted by molar-refractivity contribution is -0.385. The predicted octanol–water partition coefficient (Wildman–Crippen LogP) is 4.74. The smallest absolute Gasteiger partial charge is 0.449 e. The molecule has 0 amide bonds. The van der Waals surface area contributed by atoms with Crippen molar-refractivity contribution < 1.29 is 19.6 Å². The molecule has 9 nitrogen and oxygen atoms in total. The van der Waals surface area contributed by atoms with Crippen molar-refractivity contribution in [1.29, 1.82) is 0 Å². The van der Waals surface area contributed by atoms with Crippen LogP contribution in [0, 0.1) is 15.5 Å². The van der Waals surface area contributed by atoms with Crippen LogP contribution in [0.15, 0.2) is 55.0 Å². The van der Waals surface area contributed by atoms with Crippen LogP contribution in [0.3, 0.4) is 0 Å². The zero-order chi connectivity index (χ0) is 21.9. The maximum absolute atomic E-state index is 11.3. The van der Waals surface area contributed by atoms with E-state index in [4.69, 9.17) is 9.84 Å². The SMILES string of the molecule is CC(C)(C)C(Cn1ccc(-c2ccncc2)n1)c1cc([N+](=O)[O-])ccc1OC(=O)O. The number of rotatable bonds is 6. The van der Waals surface area contributed by atoms with Crippen molar-refractivity contribution in [2.45, 2.75) is 33.2 Å². The van der Waals surface area contributed by atoms with E-state index in [-0.39, 0.29) is 22.8 Å². The quantitative estimate of drug-likeness (QED) is 0.270. The number of carboxylic acid groups (broad SMARTS) is 1. The lowest BCUT2D eigenvalue weighted by atomic mass is 9.76. The number of ether oxygens (including phenoxy) is 1. The first-order valence-electron chi connectivity index (χ1n) is 9.28. The summed E-state index contributed by atoms with van der Waals surface area (Å²) in [6, 6.07) is 9.52. The fraction of sp³-hybridized carbons (Fsp3) is 0.286. The molecule has 1 atom stereocenters. The first kappa shape index (κ1) is 21.0. The van der Waals surface area contributed by atoms with E-state index in [0.717, 1.165) is 11.3 Å². The monoisotopic (exact) mass is 410 g/mol. The van der Waals surface area contributed by atoms with Gasteiger partial charge in [0.05, 0.1) is 10.6 Å². The van der Waals surface area contributed by atoms with E-state index in [2.05, 4.69) is 10.1 Å². The van der Waals surface area contributed by atoms with Crippen molar-refractivity contribution in [3.05, 3.63) is 70.7 Å². The van der Waals surface area contributed by atoms with Crippen LogP contribution < -0.4 is 4.74 Å². The highest BCUT2D eigenvalue weighted by molar-refractivity contribution is 5.63. The Morgan fingerprint density at radius 2 is 1.93 bits per heavy atom. The largest absolute Gasteiger partial charge is 0.511 e. The van der Waals surface area contributed by atoms with Gasteiger partial charge >= 0.3 is 6.16 Å². The minimum absolute atomic E-state index is 0.0783. The summed E-state index contributed by atoms with van der Waals surface area (Å²) in [5.74, 6) is -0.230. The summed E-state index contributed by atoms with van der Waals surface area (Å²) in [6.45, 7) is 6.32. The van der Waals surface area contributed by atoms with Crippen LogP contribution in [0.25, 0.3) is 11.3 Å². The second-order valence-electron chi connectivity index (χ2n) is 7.92. The zero-order valence-electron chi connectivity index (χ0n) is 16.8. The Balaban J connectivity index is 2.01. The molecule has 30 heavy (non-hydrogen) atoms. The number of hydrogen-bond acceptors (Lipinski definition) is 6. The van der Waals surface area contributed by atoms with Crippen molar-refractivity contribution >= 4 is 11.8 Å². The number of hydrogen-bond donors (Lipinski definition) is 1. The van der Waals surface area contributed by atoms with Crippen molar-refractivity contribution in [2.75, 3.05) is 0 Å². The molecule has 0 bridgehead atoms. The molecular formula is C21H22N4O5. The highest BCUT2D eigenvalue weighted by Crippen LogP contribution is 2.42. The van der Waals surface area contributed by atoms with Crippen LogP contribution in [-0.2, 0) is 6.54 Å². The molecule has 2 heterocycles. The molecule has 1 aromatic carbocycles. The molecule has 0 spiro atoms. The van der Waals surface area contributed by atoms with Crippen LogP contribution >= 0.6 is 0 Å². The minimum Gasteiger partial charge on any atom is -0.449 e. The van der Waals surface area contributed by atoms with Crippen molar-refractivity contribution in [3.63, 3.8) is 0 Å². The minimum atomic E-state index is -1.48. The zero-order valence-corrected chi connectivity index (χ0v) is 16.8. The molecule has 9 heteroatoms. The van der Waals surface area contributed by atoms with Crippen LogP contribution in [0.2, 0.25) is 0 Å². The van der Waals surface area contributed by atoms with Crippen LogP contribution in [0.4, 0.5) is 10.5 Å². The van der Waals surface area contributed by atoms with Gasteiger partial charge in [-0.05, 0) is 29.7 Å². The molecule has 0 saturated carbocycles. The number of benzene rings is 1. The van der Waals surface area contributed by atoms with E-state index < -0.39 is 11.1 Å². The third kappa shape index (κ3) is 4.80. The highest BCUT2D eigenvalue weighted by Gasteiger charge is 2.31. The van der Waals surface area contributed by atoms with E-state index in [1.807, 2.05) is 45.2 Å². The van der Waals surface area contributed by atoms with Gasteiger partial charge in [-0.25, -0.2) is 4.79 Å². The van der Waals surface area contributed by atoms with Gasteiger partial charge in [0.15, 0.2) is 0 Å². The fourth-order valence-electron chi connectivity index (χ4n) is 3.27. The molecule has 3 aromatic rings. The molecule has 2 aromatic heterocycles. The number of nitrogens with zero attached hydrogens (tertiary/aromatic N) is 4. The number of aromatic nitrogens is 3. The van der Waals surface area contributed by atoms with Gasteiger partial charge in [0.2, 0.25) is 0 Å². The summed E-state index contributed by atoms with van der Waals surface area (Å²) in [5, 5.41) is 25.0. The second-order valence-corrected chi connectivity index (χ2v) is 7.92. The lowest BCUT2D eigenvalue weighted by Gasteiger charge is -2.32. The maximum atomic E-state index is 11.3. The van der Waals surface area contributed by atoms with Gasteiger partial charge in [-0.2, -0.15) is 5.10 Å². The van der Waals surface area contributed by atoms with E-state index in [9.17, 15) is 14.9 Å². The van der Waals surface area contributed by atoms with E-state index >= 15 is 0 Å². The van der Waals surface area contributed by atoms with E-state index in [1.54, 1.807) is 17.1 Å². The van der Waals surface area contributed by atoms with Gasteiger partial charge in [0.25, 0.3) is 5.69 Å². The molecule has 156 valence electrons. The number of pyridine rings is 1. The highest BCUT2D eigenvalue weighted by atomic mass is 16.7. The van der Waals surface area contributed by atoms with Crippen molar-refractivity contribution in [3.8, 4) is 17.0 Å². The summed E-state index contributed by atoms with van der Waals surface area (Å²) in [5.41, 5.74) is 1.64. The average Bonchev–Trinajstić information content (AvgIpc) is 3.15. The number of non-ortho nitro benzene ring substituents is 1. The van der Waals surface area contributed by atoms with Crippen LogP contribution in [-0.4, -0.2) is 30.9 Å².